The van der Waals surface area contributed by atoms with E-state index in [2.05, 4.69) is 129 Å². The molecule has 5 aromatic heterocycles. The number of benzene rings is 9. The third-order valence-corrected chi connectivity index (χ3v) is 12.9. The van der Waals surface area contributed by atoms with Crippen LogP contribution in [0.3, 0.4) is 0 Å². The normalized spacial score (nSPS) is 13.8. The number of hydrogen-bond donors (Lipinski definition) is 0. The molecule has 0 saturated carbocycles. The summed E-state index contributed by atoms with van der Waals surface area (Å²) in [6.07, 6.45) is 0. The highest BCUT2D eigenvalue weighted by Gasteiger charge is 2.25. The van der Waals surface area contributed by atoms with Crippen molar-refractivity contribution in [3.8, 4) is 28.5 Å². The fraction of sp³-hybridized carbons (Fsp3) is 0.0169. The lowest BCUT2D eigenvalue weighted by atomic mass is 10.0. The summed E-state index contributed by atoms with van der Waals surface area (Å²) < 4.78 is 80.2. The van der Waals surface area contributed by atoms with Crippen LogP contribution in [0, 0.1) is 0 Å². The first-order valence-electron chi connectivity index (χ1n) is 25.6. The lowest BCUT2D eigenvalue weighted by molar-refractivity contribution is 0.787. The molecule has 9 aromatic carbocycles. The van der Waals surface area contributed by atoms with Crippen LogP contribution >= 0.6 is 0 Å². The predicted molar refractivity (Wildman–Crippen MR) is 269 cm³/mol. The molecule has 14 rings (SSSR count). The van der Waals surface area contributed by atoms with Gasteiger partial charge in [-0.1, -0.05) is 152 Å². The molecular formula is C59H38N6. The van der Waals surface area contributed by atoms with Gasteiger partial charge in [0.1, 0.15) is 5.82 Å². The molecule has 0 spiro atoms. The predicted octanol–water partition coefficient (Wildman–Crippen LogP) is 14.6. The van der Waals surface area contributed by atoms with Crippen molar-refractivity contribution >= 4 is 87.2 Å². The number of nitrogens with zero attached hydrogens (tertiary/aromatic N) is 6. The molecule has 0 atom stereocenters. The van der Waals surface area contributed by atoms with Gasteiger partial charge >= 0.3 is 0 Å². The van der Waals surface area contributed by atoms with Gasteiger partial charge < -0.3 is 13.7 Å². The molecule has 0 fully saturated rings. The van der Waals surface area contributed by atoms with E-state index in [-0.39, 0.29) is 46.3 Å². The number of hydrogen-bond acceptors (Lipinski definition) is 2. The molecule has 0 saturated heterocycles. The van der Waals surface area contributed by atoms with Crippen molar-refractivity contribution in [3.05, 3.63) is 224 Å². The van der Waals surface area contributed by atoms with Crippen molar-refractivity contribution in [1.29, 1.82) is 0 Å². The van der Waals surface area contributed by atoms with E-state index in [0.29, 0.717) is 11.5 Å². The van der Waals surface area contributed by atoms with Crippen LogP contribution in [0.1, 0.15) is 16.8 Å². The summed E-state index contributed by atoms with van der Waals surface area (Å²) in [7, 11) is 0. The minimum Gasteiger partial charge on any atom is -0.333 e. The van der Waals surface area contributed by atoms with Gasteiger partial charge in [-0.3, -0.25) is 4.57 Å². The van der Waals surface area contributed by atoms with E-state index < -0.39 is 36.3 Å². The fourth-order valence-electron chi connectivity index (χ4n) is 10.3. The smallest absolute Gasteiger partial charge is 0.151 e. The molecule has 6 nitrogen and oxygen atoms in total. The Kier molecular flexibility index (Phi) is 6.15. The Morgan fingerprint density at radius 1 is 0.354 bits per heavy atom. The molecule has 14 aromatic rings. The van der Waals surface area contributed by atoms with Crippen LogP contribution in [0.4, 0.5) is 0 Å². The minimum absolute atomic E-state index is 0.00265. The summed E-state index contributed by atoms with van der Waals surface area (Å²) in [6, 6.07) is 54.6. The van der Waals surface area contributed by atoms with Gasteiger partial charge in [0.2, 0.25) is 0 Å². The first-order chi connectivity index (χ1) is 35.6. The van der Waals surface area contributed by atoms with Gasteiger partial charge in [0.05, 0.1) is 67.7 Å². The van der Waals surface area contributed by atoms with Crippen molar-refractivity contribution < 1.29 is 11.0 Å². The van der Waals surface area contributed by atoms with Crippen LogP contribution in [0.5, 0.6) is 0 Å². The third-order valence-electron chi connectivity index (χ3n) is 12.9. The van der Waals surface area contributed by atoms with E-state index in [1.165, 1.54) is 0 Å². The van der Waals surface area contributed by atoms with Gasteiger partial charge in [0, 0.05) is 65.8 Å². The highest BCUT2D eigenvalue weighted by Crippen LogP contribution is 2.43. The van der Waals surface area contributed by atoms with E-state index in [4.69, 9.17) is 18.2 Å². The monoisotopic (exact) mass is 838 g/mol. The SMILES string of the molecule is [2H]c1c([2H])c([2H])c2c(c1[2H])c1c([2H])c([2H])c([2H])c([2H])c1n2Cc1nc(-c2c(-n3c4ccccc4c4ccccc43)cccc2-n2c3ccccc3c3ccccc32)cc(-n2c3ccccc3c3ccccc32)n1. The Morgan fingerprint density at radius 3 is 1.14 bits per heavy atom. The molecule has 0 aliphatic rings. The average Bonchev–Trinajstić information content (AvgIpc) is 4.16. The lowest BCUT2D eigenvalue weighted by Gasteiger charge is -2.21. The first kappa shape index (κ1) is 28.8. The van der Waals surface area contributed by atoms with Crippen LogP contribution in [-0.2, 0) is 6.54 Å². The molecule has 0 aliphatic carbocycles. The second-order valence-corrected chi connectivity index (χ2v) is 16.3. The maximum atomic E-state index is 9.33. The van der Waals surface area contributed by atoms with E-state index in [1.807, 2.05) is 54.6 Å². The molecule has 65 heavy (non-hydrogen) atoms. The Hall–Kier alpha value is -8.74. The number of fused-ring (bicyclic) bond motifs is 12. The molecule has 0 aliphatic heterocycles. The van der Waals surface area contributed by atoms with Gasteiger partial charge in [-0.15, -0.1) is 0 Å². The zero-order valence-electron chi connectivity index (χ0n) is 42.6. The van der Waals surface area contributed by atoms with Crippen molar-refractivity contribution in [2.24, 2.45) is 0 Å². The summed E-state index contributed by atoms with van der Waals surface area (Å²) in [5.41, 5.74) is 8.83. The van der Waals surface area contributed by atoms with Crippen molar-refractivity contribution in [3.63, 3.8) is 0 Å². The molecule has 0 amide bonds. The Labute approximate surface area is 384 Å². The molecule has 6 heteroatoms. The molecule has 0 N–H and O–H groups in total. The van der Waals surface area contributed by atoms with Crippen molar-refractivity contribution in [2.75, 3.05) is 0 Å². The zero-order chi connectivity index (χ0) is 49.6. The Morgan fingerprint density at radius 2 is 0.723 bits per heavy atom. The maximum Gasteiger partial charge on any atom is 0.151 e. The van der Waals surface area contributed by atoms with Crippen molar-refractivity contribution in [2.45, 2.75) is 6.54 Å². The number of para-hydroxylation sites is 8. The summed E-state index contributed by atoms with van der Waals surface area (Å²) in [5.74, 6) is 0.755. The largest absolute Gasteiger partial charge is 0.333 e. The summed E-state index contributed by atoms with van der Waals surface area (Å²) in [5, 5.41) is 6.37. The van der Waals surface area contributed by atoms with E-state index in [9.17, 15) is 2.74 Å². The second kappa shape index (κ2) is 13.9. The summed E-state index contributed by atoms with van der Waals surface area (Å²) >= 11 is 0. The highest BCUT2D eigenvalue weighted by atomic mass is 15.1. The molecular weight excluding hydrogens is 793 g/mol. The minimum atomic E-state index is -0.505. The van der Waals surface area contributed by atoms with Gasteiger partial charge in [-0.2, -0.15) is 0 Å². The maximum absolute atomic E-state index is 9.33. The standard InChI is InChI=1S/C59H38N6/c1-9-26-47-38(18-1)39-19-2-10-27-48(39)62(47)37-57-60-46(36-58(61-57)65-53-32-15-7-24-44(53)45-25-8-16-33-54(45)65)59-55(63-49-28-11-3-20-40(49)41-21-4-12-29-50(41)63)34-17-35-56(59)64-51-30-13-5-22-42(51)43-23-6-14-31-52(43)64/h1-36H,37H2/i1D,2D,9D,10D,18D,19D,26D,27D. The van der Waals surface area contributed by atoms with Crippen LogP contribution in [-0.4, -0.2) is 28.2 Å². The molecule has 304 valence electrons. The fourth-order valence-corrected chi connectivity index (χ4v) is 10.3. The highest BCUT2D eigenvalue weighted by molar-refractivity contribution is 6.13. The topological polar surface area (TPSA) is 45.5 Å². The molecule has 0 bridgehead atoms. The Balaban J connectivity index is 1.16. The molecule has 0 radical (unpaired) electrons. The van der Waals surface area contributed by atoms with Gasteiger partial charge in [-0.05, 0) is 60.6 Å². The van der Waals surface area contributed by atoms with Crippen molar-refractivity contribution in [1.82, 2.24) is 28.2 Å². The van der Waals surface area contributed by atoms with E-state index >= 15 is 0 Å². The van der Waals surface area contributed by atoms with Gasteiger partial charge in [-0.25, -0.2) is 9.97 Å². The average molecular weight is 839 g/mol. The van der Waals surface area contributed by atoms with Crippen LogP contribution in [0.25, 0.3) is 116 Å². The second-order valence-electron chi connectivity index (χ2n) is 16.3. The first-order valence-corrected chi connectivity index (χ1v) is 21.6. The van der Waals surface area contributed by atoms with Crippen LogP contribution < -0.4 is 0 Å². The third kappa shape index (κ3) is 5.22. The van der Waals surface area contributed by atoms with Crippen LogP contribution in [0.2, 0.25) is 0 Å². The lowest BCUT2D eigenvalue weighted by Crippen LogP contribution is -2.11. The molecule has 0 unspecified atom stereocenters. The molecule has 5 heterocycles. The summed E-state index contributed by atoms with van der Waals surface area (Å²) in [4.78, 5) is 10.9. The Bertz CT molecular complexity index is 4350. The van der Waals surface area contributed by atoms with E-state index in [0.717, 1.165) is 82.4 Å². The van der Waals surface area contributed by atoms with Gasteiger partial charge in [0.15, 0.2) is 5.82 Å². The number of aromatic nitrogens is 6. The van der Waals surface area contributed by atoms with Gasteiger partial charge in [0.25, 0.3) is 0 Å². The zero-order valence-corrected chi connectivity index (χ0v) is 34.6. The van der Waals surface area contributed by atoms with Crippen LogP contribution in [0.15, 0.2) is 218 Å². The number of rotatable bonds is 6. The summed E-state index contributed by atoms with van der Waals surface area (Å²) in [6.45, 7) is -0.232. The van der Waals surface area contributed by atoms with E-state index in [1.54, 1.807) is 4.57 Å². The quantitative estimate of drug-likeness (QED) is 0.167.